The van der Waals surface area contributed by atoms with Crippen LogP contribution in [0.25, 0.3) is 0 Å². The fraction of sp³-hybridized carbons (Fsp3) is 0.368. The smallest absolute Gasteiger partial charge is 0.264 e. The van der Waals surface area contributed by atoms with Crippen LogP contribution in [0.2, 0.25) is 0 Å². The molecule has 2 aromatic rings. The van der Waals surface area contributed by atoms with Gasteiger partial charge in [0.05, 0.1) is 4.88 Å². The van der Waals surface area contributed by atoms with Crippen LogP contribution in [-0.4, -0.2) is 67.7 Å². The molecule has 4 rings (SSSR count). The van der Waals surface area contributed by atoms with E-state index in [4.69, 9.17) is 9.47 Å². The summed E-state index contributed by atoms with van der Waals surface area (Å²) < 4.78 is 10.6. The molecule has 2 aliphatic heterocycles. The van der Waals surface area contributed by atoms with Crippen molar-refractivity contribution in [3.8, 4) is 11.5 Å². The number of ether oxygens (including phenoxy) is 2. The molecule has 142 valence electrons. The summed E-state index contributed by atoms with van der Waals surface area (Å²) in [6.07, 6.45) is 0. The lowest BCUT2D eigenvalue weighted by Gasteiger charge is -2.34. The maximum Gasteiger partial charge on any atom is 0.264 e. The minimum absolute atomic E-state index is 0.112. The van der Waals surface area contributed by atoms with Crippen molar-refractivity contribution in [3.63, 3.8) is 0 Å². The lowest BCUT2D eigenvalue weighted by Crippen LogP contribution is -2.50. The van der Waals surface area contributed by atoms with Crippen molar-refractivity contribution in [2.24, 2.45) is 0 Å². The van der Waals surface area contributed by atoms with E-state index in [9.17, 15) is 9.59 Å². The lowest BCUT2D eigenvalue weighted by molar-refractivity contribution is 0.0642. The topological polar surface area (TPSA) is 71.1 Å². The van der Waals surface area contributed by atoms with Gasteiger partial charge in [0, 0.05) is 44.8 Å². The monoisotopic (exact) mass is 387 g/mol. The van der Waals surface area contributed by atoms with Gasteiger partial charge in [-0.05, 0) is 29.6 Å². The van der Waals surface area contributed by atoms with Crippen molar-refractivity contribution in [3.05, 3.63) is 46.2 Å². The maximum atomic E-state index is 12.4. The number of carbonyl (C=O) groups is 2. The van der Waals surface area contributed by atoms with Gasteiger partial charge in [0.2, 0.25) is 6.79 Å². The molecule has 3 heterocycles. The van der Waals surface area contributed by atoms with Crippen LogP contribution >= 0.6 is 11.3 Å². The second-order valence-electron chi connectivity index (χ2n) is 6.44. The Balaban J connectivity index is 1.20. The summed E-state index contributed by atoms with van der Waals surface area (Å²) in [5, 5.41) is 4.86. The zero-order valence-electron chi connectivity index (χ0n) is 14.8. The molecule has 7 nitrogen and oxygen atoms in total. The Bertz CT molecular complexity index is 816. The molecule has 1 fully saturated rings. The predicted molar refractivity (Wildman–Crippen MR) is 102 cm³/mol. The summed E-state index contributed by atoms with van der Waals surface area (Å²) in [6, 6.07) is 8.95. The molecule has 1 aromatic heterocycles. The highest BCUT2D eigenvalue weighted by molar-refractivity contribution is 7.12. The second kappa shape index (κ2) is 7.98. The summed E-state index contributed by atoms with van der Waals surface area (Å²) in [4.78, 5) is 29.6. The number of rotatable bonds is 5. The molecule has 0 saturated carbocycles. The molecule has 0 radical (unpaired) electrons. The van der Waals surface area contributed by atoms with Crippen molar-refractivity contribution >= 4 is 23.2 Å². The first-order chi connectivity index (χ1) is 13.2. The minimum atomic E-state index is -0.125. The SMILES string of the molecule is O=C(NCCN1CCN(C(=O)c2cccs2)CC1)c1ccc2c(c1)OCO2. The van der Waals surface area contributed by atoms with Gasteiger partial charge in [0.1, 0.15) is 0 Å². The number of thiophene rings is 1. The first-order valence-electron chi connectivity index (χ1n) is 8.94. The molecule has 1 aromatic carbocycles. The third kappa shape index (κ3) is 4.06. The Kier molecular flexibility index (Phi) is 5.26. The number of benzene rings is 1. The third-order valence-corrected chi connectivity index (χ3v) is 5.60. The Morgan fingerprint density at radius 2 is 1.89 bits per heavy atom. The van der Waals surface area contributed by atoms with Crippen LogP contribution in [0.3, 0.4) is 0 Å². The zero-order chi connectivity index (χ0) is 18.6. The van der Waals surface area contributed by atoms with Crippen molar-refractivity contribution < 1.29 is 19.1 Å². The molecule has 0 spiro atoms. The van der Waals surface area contributed by atoms with Gasteiger partial charge in [0.15, 0.2) is 11.5 Å². The van der Waals surface area contributed by atoms with E-state index < -0.39 is 0 Å². The van der Waals surface area contributed by atoms with Gasteiger partial charge in [-0.15, -0.1) is 11.3 Å². The fourth-order valence-corrected chi connectivity index (χ4v) is 3.89. The van der Waals surface area contributed by atoms with Crippen LogP contribution in [0.15, 0.2) is 35.7 Å². The molecule has 0 unspecified atom stereocenters. The van der Waals surface area contributed by atoms with Crippen molar-refractivity contribution in [1.82, 2.24) is 15.1 Å². The summed E-state index contributed by atoms with van der Waals surface area (Å²) in [6.45, 7) is 4.58. The van der Waals surface area contributed by atoms with Crippen molar-refractivity contribution in [2.45, 2.75) is 0 Å². The van der Waals surface area contributed by atoms with Crippen LogP contribution in [0, 0.1) is 0 Å². The second-order valence-corrected chi connectivity index (χ2v) is 7.38. The van der Waals surface area contributed by atoms with E-state index >= 15 is 0 Å². The van der Waals surface area contributed by atoms with Gasteiger partial charge in [0.25, 0.3) is 11.8 Å². The summed E-state index contributed by atoms with van der Waals surface area (Å²) in [5.74, 6) is 1.26. The van der Waals surface area contributed by atoms with E-state index in [0.717, 1.165) is 24.5 Å². The molecule has 8 heteroatoms. The molecule has 2 aliphatic rings. The first-order valence-corrected chi connectivity index (χ1v) is 9.82. The van der Waals surface area contributed by atoms with Gasteiger partial charge in [-0.25, -0.2) is 0 Å². The number of piperazine rings is 1. The summed E-state index contributed by atoms with van der Waals surface area (Å²) in [7, 11) is 0. The van der Waals surface area contributed by atoms with Crippen LogP contribution in [0.5, 0.6) is 11.5 Å². The predicted octanol–water partition coefficient (Wildman–Crippen LogP) is 1.66. The molecular formula is C19H21N3O4S. The highest BCUT2D eigenvalue weighted by Gasteiger charge is 2.22. The Morgan fingerprint density at radius 1 is 1.07 bits per heavy atom. The molecule has 1 saturated heterocycles. The number of hydrogen-bond donors (Lipinski definition) is 1. The van der Waals surface area contributed by atoms with E-state index in [1.54, 1.807) is 18.2 Å². The maximum absolute atomic E-state index is 12.4. The number of hydrogen-bond acceptors (Lipinski definition) is 6. The largest absolute Gasteiger partial charge is 0.454 e. The van der Waals surface area contributed by atoms with Crippen molar-refractivity contribution in [1.29, 1.82) is 0 Å². The molecule has 2 amide bonds. The molecule has 1 N–H and O–H groups in total. The number of amides is 2. The van der Waals surface area contributed by atoms with E-state index in [-0.39, 0.29) is 18.6 Å². The Labute approximate surface area is 161 Å². The molecular weight excluding hydrogens is 366 g/mol. The Morgan fingerprint density at radius 3 is 2.67 bits per heavy atom. The van der Waals surface area contributed by atoms with Crippen LogP contribution in [-0.2, 0) is 0 Å². The number of carbonyl (C=O) groups excluding carboxylic acids is 2. The third-order valence-electron chi connectivity index (χ3n) is 4.74. The Hall–Kier alpha value is -2.58. The van der Waals surface area contributed by atoms with Crippen LogP contribution in [0.1, 0.15) is 20.0 Å². The molecule has 0 aliphatic carbocycles. The number of nitrogens with one attached hydrogen (secondary N) is 1. The summed E-state index contributed by atoms with van der Waals surface area (Å²) in [5.41, 5.74) is 0.561. The zero-order valence-corrected chi connectivity index (χ0v) is 15.7. The lowest BCUT2D eigenvalue weighted by atomic mass is 10.2. The van der Waals surface area contributed by atoms with E-state index in [2.05, 4.69) is 10.2 Å². The highest BCUT2D eigenvalue weighted by atomic mass is 32.1. The molecule has 0 bridgehead atoms. The average molecular weight is 387 g/mol. The molecule has 0 atom stereocenters. The highest BCUT2D eigenvalue weighted by Crippen LogP contribution is 2.32. The van der Waals surface area contributed by atoms with Crippen molar-refractivity contribution in [2.75, 3.05) is 46.1 Å². The molecule has 27 heavy (non-hydrogen) atoms. The fourth-order valence-electron chi connectivity index (χ4n) is 3.20. The van der Waals surface area contributed by atoms with E-state index in [1.807, 2.05) is 22.4 Å². The van der Waals surface area contributed by atoms with Gasteiger partial charge < -0.3 is 19.7 Å². The quantitative estimate of drug-likeness (QED) is 0.845. The van der Waals surface area contributed by atoms with Gasteiger partial charge in [-0.2, -0.15) is 0 Å². The van der Waals surface area contributed by atoms with Gasteiger partial charge in [-0.3, -0.25) is 14.5 Å². The minimum Gasteiger partial charge on any atom is -0.454 e. The van der Waals surface area contributed by atoms with Gasteiger partial charge in [-0.1, -0.05) is 6.07 Å². The average Bonchev–Trinajstić information content (AvgIpc) is 3.39. The number of nitrogens with zero attached hydrogens (tertiary/aromatic N) is 2. The van der Waals surface area contributed by atoms with Gasteiger partial charge >= 0.3 is 0 Å². The number of fused-ring (bicyclic) bond motifs is 1. The standard InChI is InChI=1S/C19H21N3O4S/c23-18(14-3-4-15-16(12-14)26-13-25-15)20-5-6-21-7-9-22(10-8-21)19(24)17-2-1-11-27-17/h1-4,11-12H,5-10,13H2,(H,20,23). The summed E-state index contributed by atoms with van der Waals surface area (Å²) >= 11 is 1.48. The van der Waals surface area contributed by atoms with Crippen LogP contribution < -0.4 is 14.8 Å². The first kappa shape index (κ1) is 17.8. The van der Waals surface area contributed by atoms with E-state index in [1.165, 1.54) is 11.3 Å². The van der Waals surface area contributed by atoms with Crippen LogP contribution in [0.4, 0.5) is 0 Å². The normalized spacial score (nSPS) is 16.4. The van der Waals surface area contributed by atoms with E-state index in [0.29, 0.717) is 36.7 Å².